The summed E-state index contributed by atoms with van der Waals surface area (Å²) in [6.45, 7) is 12.6. The van der Waals surface area contributed by atoms with Crippen molar-refractivity contribution >= 4 is 62.8 Å². The highest BCUT2D eigenvalue weighted by Gasteiger charge is 2.35. The Bertz CT molecular complexity index is 2840. The number of nitrogens with one attached hydrogen (secondary N) is 2. The zero-order valence-electron chi connectivity index (χ0n) is 38.8. The third-order valence-electron chi connectivity index (χ3n) is 10.0. The summed E-state index contributed by atoms with van der Waals surface area (Å²) in [5.41, 5.74) is 5.29. The monoisotopic (exact) mass is 971 g/mol. The first-order valence-electron chi connectivity index (χ1n) is 20.6. The molecule has 0 unspecified atom stereocenters. The van der Waals surface area contributed by atoms with Gasteiger partial charge in [-0.15, -0.1) is 0 Å². The molecule has 0 radical (unpaired) electrons. The van der Waals surface area contributed by atoms with E-state index in [2.05, 4.69) is 21.4 Å². The van der Waals surface area contributed by atoms with Gasteiger partial charge in [-0.3, -0.25) is 14.4 Å². The third kappa shape index (κ3) is 13.3. The van der Waals surface area contributed by atoms with Gasteiger partial charge in [0.1, 0.15) is 0 Å². The molecule has 2 N–H and O–H groups in total. The van der Waals surface area contributed by atoms with Crippen molar-refractivity contribution in [1.29, 1.82) is 0 Å². The molecule has 6 rings (SSSR count). The van der Waals surface area contributed by atoms with Crippen molar-refractivity contribution < 1.29 is 38.4 Å². The largest absolute Gasteiger partial charge is 0.380 e. The van der Waals surface area contributed by atoms with Crippen LogP contribution in [-0.4, -0.2) is 109 Å². The molecule has 1 aliphatic heterocycles. The standard InChI is InChI=1S/C23H28N4O4S2.C20H27N3O5S2.C2H6/c1-17-14-19(15-18(2)24-17)16-27(5)23-9-7-6-8-22(23)25-32(28,29)20-10-12-21(13-11-20)33(30,31)26(3)4;1-20(14-28-15-20)13-23(4)19-8-6-5-7-18(19)21-29(24,25)16-9-11-17(12-10-16)30(26,27)22(2)3;1-2/h6-15,25H,16H2,1-5H3;5-12,21H,13-15H2,1-4H3;1-2H3. The van der Waals surface area contributed by atoms with Crippen LogP contribution < -0.4 is 19.2 Å². The van der Waals surface area contributed by atoms with Gasteiger partial charge in [0.05, 0.1) is 55.5 Å². The predicted octanol–water partition coefficient (Wildman–Crippen LogP) is 6.62. The number of para-hydroxylation sites is 4. The second kappa shape index (κ2) is 21.5. The van der Waals surface area contributed by atoms with Gasteiger partial charge in [0.2, 0.25) is 20.0 Å². The van der Waals surface area contributed by atoms with Crippen LogP contribution in [0.25, 0.3) is 0 Å². The van der Waals surface area contributed by atoms with E-state index in [0.717, 1.165) is 37.8 Å². The average Bonchev–Trinajstić information content (AvgIpc) is 3.23. The maximum absolute atomic E-state index is 13.0. The number of sulfonamides is 4. The minimum atomic E-state index is -3.93. The molecule has 1 aromatic heterocycles. The zero-order valence-corrected chi connectivity index (χ0v) is 42.0. The highest BCUT2D eigenvalue weighted by atomic mass is 32.2. The van der Waals surface area contributed by atoms with Crippen LogP contribution >= 0.6 is 0 Å². The Balaban J connectivity index is 0.000000275. The van der Waals surface area contributed by atoms with Gasteiger partial charge in [-0.1, -0.05) is 45.0 Å². The molecule has 0 saturated carbocycles. The maximum atomic E-state index is 13.0. The lowest BCUT2D eigenvalue weighted by Gasteiger charge is -2.41. The number of nitrogens with zero attached hydrogens (tertiary/aromatic N) is 5. The molecule has 0 atom stereocenters. The van der Waals surface area contributed by atoms with Crippen molar-refractivity contribution in [3.8, 4) is 0 Å². The summed E-state index contributed by atoms with van der Waals surface area (Å²) in [6.07, 6.45) is 0. The van der Waals surface area contributed by atoms with E-state index in [0.29, 0.717) is 36.8 Å². The van der Waals surface area contributed by atoms with Crippen LogP contribution in [0.2, 0.25) is 0 Å². The fourth-order valence-corrected chi connectivity index (χ4v) is 10.7. The minimum absolute atomic E-state index is 0.0167. The van der Waals surface area contributed by atoms with Crippen LogP contribution in [0.3, 0.4) is 0 Å². The first-order chi connectivity index (χ1) is 30.3. The number of benzene rings is 4. The molecule has 20 heteroatoms. The average molecular weight is 972 g/mol. The molecule has 354 valence electrons. The van der Waals surface area contributed by atoms with Crippen molar-refractivity contribution in [2.24, 2.45) is 5.41 Å². The molecule has 4 aromatic carbocycles. The predicted molar refractivity (Wildman–Crippen MR) is 258 cm³/mol. The van der Waals surface area contributed by atoms with Crippen molar-refractivity contribution in [3.05, 3.63) is 126 Å². The van der Waals surface area contributed by atoms with E-state index < -0.39 is 40.1 Å². The summed E-state index contributed by atoms with van der Waals surface area (Å²) in [6, 6.07) is 28.6. The molecule has 65 heavy (non-hydrogen) atoms. The fraction of sp³-hybridized carbons (Fsp3) is 0.356. The van der Waals surface area contributed by atoms with E-state index in [1.54, 1.807) is 24.3 Å². The molecule has 5 aromatic rings. The van der Waals surface area contributed by atoms with Crippen LogP contribution in [0, 0.1) is 19.3 Å². The number of pyridine rings is 1. The van der Waals surface area contributed by atoms with Crippen molar-refractivity contribution in [3.63, 3.8) is 0 Å². The Hall–Kier alpha value is -5.09. The SMILES string of the molecule is CC.CN(CC1(C)COC1)c1ccccc1NS(=O)(=O)c1ccc(S(=O)(=O)N(C)C)cc1.Cc1cc(CN(C)c2ccccc2NS(=O)(=O)c2ccc(S(=O)(=O)N(C)C)cc2)cc(C)n1. The van der Waals surface area contributed by atoms with E-state index in [-0.39, 0.29) is 25.0 Å². The number of ether oxygens (including phenoxy) is 1. The molecular weight excluding hydrogens is 911 g/mol. The molecule has 0 spiro atoms. The van der Waals surface area contributed by atoms with Crippen LogP contribution in [0.4, 0.5) is 22.7 Å². The zero-order chi connectivity index (χ0) is 48.5. The molecule has 16 nitrogen and oxygen atoms in total. The van der Waals surface area contributed by atoms with E-state index in [1.807, 2.05) is 88.0 Å². The summed E-state index contributed by atoms with van der Waals surface area (Å²) < 4.78 is 113. The second-order valence-corrected chi connectivity index (χ2v) is 23.7. The molecule has 1 saturated heterocycles. The Kier molecular flexibility index (Phi) is 17.4. The van der Waals surface area contributed by atoms with Gasteiger partial charge in [-0.25, -0.2) is 42.3 Å². The number of aryl methyl sites for hydroxylation is 2. The van der Waals surface area contributed by atoms with Gasteiger partial charge in [0, 0.05) is 72.2 Å². The molecule has 0 bridgehead atoms. The summed E-state index contributed by atoms with van der Waals surface area (Å²) in [5, 5.41) is 0. The Morgan fingerprint density at radius 3 is 1.26 bits per heavy atom. The van der Waals surface area contributed by atoms with E-state index in [1.165, 1.54) is 76.7 Å². The first-order valence-corrected chi connectivity index (χ1v) is 26.4. The molecule has 0 aliphatic carbocycles. The number of rotatable bonds is 16. The summed E-state index contributed by atoms with van der Waals surface area (Å²) in [7, 11) is -5.62. The van der Waals surface area contributed by atoms with E-state index in [9.17, 15) is 33.7 Å². The van der Waals surface area contributed by atoms with Crippen LogP contribution in [0.5, 0.6) is 0 Å². The fourth-order valence-electron chi connectivity index (χ4n) is 6.77. The summed E-state index contributed by atoms with van der Waals surface area (Å²) >= 11 is 0. The summed E-state index contributed by atoms with van der Waals surface area (Å²) in [4.78, 5) is 8.37. The Morgan fingerprint density at radius 2 is 0.908 bits per heavy atom. The number of anilines is 4. The Labute approximate surface area is 386 Å². The Morgan fingerprint density at radius 1 is 0.554 bits per heavy atom. The lowest BCUT2D eigenvalue weighted by atomic mass is 9.88. The van der Waals surface area contributed by atoms with Crippen LogP contribution in [-0.2, 0) is 51.4 Å². The van der Waals surface area contributed by atoms with Crippen molar-refractivity contribution in [1.82, 2.24) is 13.6 Å². The molecule has 1 aliphatic rings. The molecule has 0 amide bonds. The van der Waals surface area contributed by atoms with Crippen molar-refractivity contribution in [2.45, 2.75) is 60.7 Å². The second-order valence-electron chi connectivity index (χ2n) is 16.0. The smallest absolute Gasteiger partial charge is 0.261 e. The van der Waals surface area contributed by atoms with Crippen LogP contribution in [0.1, 0.15) is 37.7 Å². The van der Waals surface area contributed by atoms with Crippen molar-refractivity contribution in [2.75, 3.05) is 81.3 Å². The van der Waals surface area contributed by atoms with Gasteiger partial charge in [-0.2, -0.15) is 0 Å². The van der Waals surface area contributed by atoms with Gasteiger partial charge in [-0.05, 0) is 104 Å². The lowest BCUT2D eigenvalue weighted by molar-refractivity contribution is -0.0951. The highest BCUT2D eigenvalue weighted by Crippen LogP contribution is 2.34. The third-order valence-corrected chi connectivity index (χ3v) is 16.4. The quantitative estimate of drug-likeness (QED) is 0.107. The molecule has 2 heterocycles. The molecular formula is C45H61N7O9S4. The van der Waals surface area contributed by atoms with Gasteiger partial charge in [0.25, 0.3) is 20.0 Å². The van der Waals surface area contributed by atoms with E-state index >= 15 is 0 Å². The number of hydrogen-bond acceptors (Lipinski definition) is 12. The number of hydrogen-bond donors (Lipinski definition) is 2. The van der Waals surface area contributed by atoms with Crippen LogP contribution in [0.15, 0.2) is 129 Å². The van der Waals surface area contributed by atoms with Gasteiger partial charge < -0.3 is 14.5 Å². The topological polar surface area (TPSA) is 196 Å². The maximum Gasteiger partial charge on any atom is 0.261 e. The van der Waals surface area contributed by atoms with Gasteiger partial charge in [0.15, 0.2) is 0 Å². The van der Waals surface area contributed by atoms with E-state index in [4.69, 9.17) is 4.74 Å². The minimum Gasteiger partial charge on any atom is -0.380 e. The number of aromatic nitrogens is 1. The highest BCUT2D eigenvalue weighted by molar-refractivity contribution is 7.93. The van der Waals surface area contributed by atoms with Gasteiger partial charge >= 0.3 is 0 Å². The summed E-state index contributed by atoms with van der Waals surface area (Å²) in [5.74, 6) is 0. The normalized spacial score (nSPS) is 13.7. The first kappa shape index (κ1) is 52.5. The lowest BCUT2D eigenvalue weighted by Crippen LogP contribution is -2.48. The molecule has 1 fully saturated rings.